The topological polar surface area (TPSA) is 113 Å². The first-order chi connectivity index (χ1) is 16.1. The van der Waals surface area contributed by atoms with Crippen molar-refractivity contribution >= 4 is 39.8 Å². The average molecular weight is 462 g/mol. The van der Waals surface area contributed by atoms with Crippen LogP contribution >= 0.6 is 11.8 Å². The number of hydrogen-bond acceptors (Lipinski definition) is 10. The first kappa shape index (κ1) is 21.0. The predicted octanol–water partition coefficient (Wildman–Crippen LogP) is 4.83. The van der Waals surface area contributed by atoms with E-state index in [9.17, 15) is 4.79 Å². The van der Waals surface area contributed by atoms with Gasteiger partial charge < -0.3 is 18.3 Å². The molecule has 0 aliphatic rings. The number of aromatic nitrogens is 4. The smallest absolute Gasteiger partial charge is 0.317 e. The molecule has 5 rings (SSSR count). The Morgan fingerprint density at radius 1 is 1.06 bits per heavy atom. The highest BCUT2D eigenvalue weighted by Crippen LogP contribution is 2.32. The Morgan fingerprint density at radius 2 is 1.88 bits per heavy atom. The van der Waals surface area contributed by atoms with Crippen LogP contribution < -0.4 is 4.74 Å². The van der Waals surface area contributed by atoms with Crippen LogP contribution in [0.5, 0.6) is 5.75 Å². The summed E-state index contributed by atoms with van der Waals surface area (Å²) in [5.74, 6) is 0.855. The lowest BCUT2D eigenvalue weighted by molar-refractivity contribution is -0.146. The lowest BCUT2D eigenvalue weighted by Gasteiger charge is -2.09. The number of esters is 1. The number of carbonyl (C=O) groups excluding carboxylic acids is 1. The molecule has 0 N–H and O–H groups in total. The number of carbonyl (C=O) groups is 1. The van der Waals surface area contributed by atoms with E-state index in [4.69, 9.17) is 18.3 Å². The van der Waals surface area contributed by atoms with Crippen LogP contribution in [0.15, 0.2) is 68.7 Å². The molecule has 3 heterocycles. The second-order valence-electron chi connectivity index (χ2n) is 7.05. The normalized spacial score (nSPS) is 12.2. The van der Waals surface area contributed by atoms with E-state index in [1.165, 1.54) is 18.1 Å². The van der Waals surface area contributed by atoms with Gasteiger partial charge in [0.1, 0.15) is 28.2 Å². The van der Waals surface area contributed by atoms with Gasteiger partial charge in [-0.1, -0.05) is 23.9 Å². The Morgan fingerprint density at radius 3 is 2.70 bits per heavy atom. The van der Waals surface area contributed by atoms with E-state index in [0.29, 0.717) is 22.0 Å². The highest BCUT2D eigenvalue weighted by atomic mass is 32.2. The fourth-order valence-corrected chi connectivity index (χ4v) is 3.98. The van der Waals surface area contributed by atoms with Gasteiger partial charge in [0.05, 0.1) is 12.9 Å². The monoisotopic (exact) mass is 462 g/mol. The second-order valence-corrected chi connectivity index (χ2v) is 8.01. The van der Waals surface area contributed by atoms with Crippen LogP contribution in [0.4, 0.5) is 0 Å². The maximum atomic E-state index is 12.4. The molecule has 3 aromatic heterocycles. The Labute approximate surface area is 192 Å². The number of thioether (sulfide) groups is 1. The summed E-state index contributed by atoms with van der Waals surface area (Å²) in [5, 5.41) is 9.51. The minimum absolute atomic E-state index is 0.0347. The third-order valence-corrected chi connectivity index (χ3v) is 5.83. The van der Waals surface area contributed by atoms with Gasteiger partial charge in [-0.2, -0.15) is 0 Å². The van der Waals surface area contributed by atoms with E-state index < -0.39 is 12.1 Å². The van der Waals surface area contributed by atoms with Gasteiger partial charge in [-0.05, 0) is 43.3 Å². The van der Waals surface area contributed by atoms with Crippen LogP contribution in [0.25, 0.3) is 33.5 Å². The Kier molecular flexibility index (Phi) is 5.66. The standard InChI is InChI=1S/C23H18N4O5S/c1-13(21-26-27-22(32-21)14-7-9-15(29-2)10-8-14)30-18(28)11-33-23-20-19(24-12-25-23)16-5-3-4-6-17(16)31-20/h3-10,12-13H,11H2,1-2H3/t13-/m0/s1. The van der Waals surface area contributed by atoms with Gasteiger partial charge in [0.25, 0.3) is 5.89 Å². The average Bonchev–Trinajstić information content (AvgIpc) is 3.48. The number of rotatable bonds is 7. The number of furan rings is 1. The number of fused-ring (bicyclic) bond motifs is 3. The Bertz CT molecular complexity index is 1430. The number of hydrogen-bond donors (Lipinski definition) is 0. The van der Waals surface area contributed by atoms with E-state index in [0.717, 1.165) is 22.3 Å². The Hall–Kier alpha value is -3.92. The van der Waals surface area contributed by atoms with Gasteiger partial charge in [0, 0.05) is 10.9 Å². The molecule has 0 radical (unpaired) electrons. The lowest BCUT2D eigenvalue weighted by atomic mass is 10.2. The molecule has 9 nitrogen and oxygen atoms in total. The van der Waals surface area contributed by atoms with Gasteiger partial charge in [0.15, 0.2) is 11.7 Å². The van der Waals surface area contributed by atoms with E-state index in [-0.39, 0.29) is 11.6 Å². The van der Waals surface area contributed by atoms with Crippen LogP contribution in [-0.4, -0.2) is 39.0 Å². The van der Waals surface area contributed by atoms with Crippen molar-refractivity contribution in [2.45, 2.75) is 18.1 Å². The molecule has 0 bridgehead atoms. The molecule has 0 aliphatic carbocycles. The zero-order chi connectivity index (χ0) is 22.8. The lowest BCUT2D eigenvalue weighted by Crippen LogP contribution is -2.11. The van der Waals surface area contributed by atoms with Gasteiger partial charge in [-0.3, -0.25) is 4.79 Å². The van der Waals surface area contributed by atoms with Crippen molar-refractivity contribution in [2.24, 2.45) is 0 Å². The van der Waals surface area contributed by atoms with Crippen molar-refractivity contribution < 1.29 is 23.1 Å². The number of para-hydroxylation sites is 1. The highest BCUT2D eigenvalue weighted by molar-refractivity contribution is 8.00. The maximum Gasteiger partial charge on any atom is 0.317 e. The summed E-state index contributed by atoms with van der Waals surface area (Å²) >= 11 is 1.22. The molecule has 33 heavy (non-hydrogen) atoms. The number of ether oxygens (including phenoxy) is 2. The first-order valence-electron chi connectivity index (χ1n) is 10.0. The zero-order valence-corrected chi connectivity index (χ0v) is 18.5. The number of nitrogens with zero attached hydrogens (tertiary/aromatic N) is 4. The van der Waals surface area contributed by atoms with Gasteiger partial charge in [-0.15, -0.1) is 10.2 Å². The molecule has 1 atom stereocenters. The van der Waals surface area contributed by atoms with Crippen molar-refractivity contribution in [3.8, 4) is 17.2 Å². The van der Waals surface area contributed by atoms with E-state index in [2.05, 4.69) is 20.2 Å². The summed E-state index contributed by atoms with van der Waals surface area (Å²) in [6.45, 7) is 1.68. The summed E-state index contributed by atoms with van der Waals surface area (Å²) in [4.78, 5) is 21.0. The molecule has 166 valence electrons. The Balaban J connectivity index is 1.24. The van der Waals surface area contributed by atoms with Crippen molar-refractivity contribution in [2.75, 3.05) is 12.9 Å². The molecular formula is C23H18N4O5S. The van der Waals surface area contributed by atoms with Crippen LogP contribution in [0, 0.1) is 0 Å². The molecule has 5 aromatic rings. The summed E-state index contributed by atoms with van der Waals surface area (Å²) < 4.78 is 22.2. The molecule has 0 saturated carbocycles. The largest absolute Gasteiger partial charge is 0.497 e. The molecule has 0 unspecified atom stereocenters. The third-order valence-electron chi connectivity index (χ3n) is 4.89. The molecule has 2 aromatic carbocycles. The fraction of sp³-hybridized carbons (Fsp3) is 0.174. The highest BCUT2D eigenvalue weighted by Gasteiger charge is 2.20. The molecule has 0 fully saturated rings. The van der Waals surface area contributed by atoms with Crippen LogP contribution in [-0.2, 0) is 9.53 Å². The van der Waals surface area contributed by atoms with Crippen molar-refractivity contribution in [1.29, 1.82) is 0 Å². The molecule has 0 aliphatic heterocycles. The summed E-state index contributed by atoms with van der Waals surface area (Å²) in [5.41, 5.74) is 2.71. The van der Waals surface area contributed by atoms with Gasteiger partial charge in [-0.25, -0.2) is 9.97 Å². The summed E-state index contributed by atoms with van der Waals surface area (Å²) in [7, 11) is 1.60. The first-order valence-corrected chi connectivity index (χ1v) is 11.0. The minimum Gasteiger partial charge on any atom is -0.497 e. The third kappa shape index (κ3) is 4.24. The zero-order valence-electron chi connectivity index (χ0n) is 17.7. The van der Waals surface area contributed by atoms with E-state index in [1.54, 1.807) is 26.2 Å². The van der Waals surface area contributed by atoms with E-state index >= 15 is 0 Å². The van der Waals surface area contributed by atoms with Gasteiger partial charge in [0.2, 0.25) is 5.89 Å². The van der Waals surface area contributed by atoms with Crippen LogP contribution in [0.3, 0.4) is 0 Å². The summed E-state index contributed by atoms with van der Waals surface area (Å²) in [6.07, 6.45) is 0.758. The van der Waals surface area contributed by atoms with Crippen molar-refractivity contribution in [1.82, 2.24) is 20.2 Å². The van der Waals surface area contributed by atoms with Crippen molar-refractivity contribution in [3.05, 3.63) is 60.7 Å². The SMILES string of the molecule is COc1ccc(-c2nnc([C@H](C)OC(=O)CSc3ncnc4c3oc3ccccc34)o2)cc1. The molecule has 0 amide bonds. The molecule has 0 saturated heterocycles. The number of benzene rings is 2. The minimum atomic E-state index is -0.700. The van der Waals surface area contributed by atoms with E-state index in [1.807, 2.05) is 36.4 Å². The summed E-state index contributed by atoms with van der Waals surface area (Å²) in [6, 6.07) is 14.8. The van der Waals surface area contributed by atoms with Crippen molar-refractivity contribution in [3.63, 3.8) is 0 Å². The molecule has 10 heteroatoms. The second kappa shape index (κ2) is 8.91. The fourth-order valence-electron chi connectivity index (χ4n) is 3.26. The quantitative estimate of drug-likeness (QED) is 0.189. The maximum absolute atomic E-state index is 12.4. The predicted molar refractivity (Wildman–Crippen MR) is 121 cm³/mol. The van der Waals surface area contributed by atoms with Gasteiger partial charge >= 0.3 is 5.97 Å². The van der Waals surface area contributed by atoms with Crippen LogP contribution in [0.2, 0.25) is 0 Å². The number of methoxy groups -OCH3 is 1. The molecule has 0 spiro atoms. The van der Waals surface area contributed by atoms with Crippen LogP contribution in [0.1, 0.15) is 18.9 Å². The molecular weight excluding hydrogens is 444 g/mol.